The summed E-state index contributed by atoms with van der Waals surface area (Å²) in [6.07, 6.45) is 5.05. The van der Waals surface area contributed by atoms with Crippen LogP contribution in [0.25, 0.3) is 11.2 Å². The standard InChI is InChI=1S/C46H66N8O12/c1-7-32-29(3)39(66-45(60)31-18-12-11-13-19-31)37(52-30(4)55)46(64-32)62-25-17-14-20-34(56)47-23-15-9-10-16-24-61-40-33(8-2)63-44(41(40)65-36(59)22-21-35(57)58)54-28-50-38-42(51-27-53(5)6)48-26-49-43(38)54/h11-13,18-19,26-29,32-33,37,39-41,44,46H,7-10,14-17,20-25H2,1-6H3,(H,47,56)(H,52,55)(H,57,58)/t29-,32+,33+,37+,39-,40?,41-,44+,46+/m0/s1. The number of carboxylic acids is 1. The highest BCUT2D eigenvalue weighted by molar-refractivity contribution is 5.89. The molecule has 0 saturated carbocycles. The van der Waals surface area contributed by atoms with E-state index in [9.17, 15) is 24.0 Å². The Balaban J connectivity index is 1.04. The van der Waals surface area contributed by atoms with Crippen LogP contribution < -0.4 is 10.6 Å². The first kappa shape index (κ1) is 51.4. The van der Waals surface area contributed by atoms with Crippen LogP contribution in [-0.2, 0) is 47.6 Å². The molecule has 0 bridgehead atoms. The lowest BCUT2D eigenvalue weighted by molar-refractivity contribution is -0.249. The van der Waals surface area contributed by atoms with E-state index in [2.05, 4.69) is 30.6 Å². The van der Waals surface area contributed by atoms with E-state index in [0.29, 0.717) is 74.2 Å². The largest absolute Gasteiger partial charge is 0.481 e. The van der Waals surface area contributed by atoms with Gasteiger partial charge in [0, 0.05) is 53.1 Å². The third-order valence-corrected chi connectivity index (χ3v) is 11.4. The third kappa shape index (κ3) is 14.7. The number of carbonyl (C=O) groups excluding carboxylic acids is 4. The molecule has 20 nitrogen and oxygen atoms in total. The van der Waals surface area contributed by atoms with Crippen molar-refractivity contribution < 1.29 is 57.5 Å². The Labute approximate surface area is 385 Å². The van der Waals surface area contributed by atoms with Gasteiger partial charge in [-0.15, -0.1) is 0 Å². The van der Waals surface area contributed by atoms with Crippen molar-refractivity contribution in [2.75, 3.05) is 33.9 Å². The monoisotopic (exact) mass is 922 g/mol. The van der Waals surface area contributed by atoms with Gasteiger partial charge in [-0.1, -0.05) is 51.8 Å². The fraction of sp³-hybridized carbons (Fsp3) is 0.630. The van der Waals surface area contributed by atoms with Crippen LogP contribution in [-0.4, -0.2) is 142 Å². The first-order chi connectivity index (χ1) is 31.8. The molecule has 1 aromatic carbocycles. The predicted octanol–water partition coefficient (Wildman–Crippen LogP) is 4.88. The molecule has 2 fully saturated rings. The van der Waals surface area contributed by atoms with E-state index in [0.717, 1.165) is 19.3 Å². The number of hydrogen-bond donors (Lipinski definition) is 3. The van der Waals surface area contributed by atoms with Crippen LogP contribution in [0.4, 0.5) is 5.82 Å². The number of carboxylic acid groups (broad SMARTS) is 1. The predicted molar refractivity (Wildman–Crippen MR) is 240 cm³/mol. The maximum atomic E-state index is 13.0. The molecule has 4 heterocycles. The Morgan fingerprint density at radius 1 is 0.848 bits per heavy atom. The summed E-state index contributed by atoms with van der Waals surface area (Å²) in [6.45, 7) is 8.43. The van der Waals surface area contributed by atoms with Gasteiger partial charge in [0.2, 0.25) is 11.8 Å². The number of unbranched alkanes of at least 4 members (excludes halogenated alkanes) is 4. The van der Waals surface area contributed by atoms with Gasteiger partial charge in [-0.25, -0.2) is 24.7 Å². The highest BCUT2D eigenvalue weighted by atomic mass is 16.7. The SMILES string of the molecule is CC[C@H]1O[C@@H](n2cnc3c(N=CN(C)C)ncnc32)[C@@H](OC(=O)CCC(=O)O)C1OCCCCCCNC(=O)CCCCO[C@@H]1O[C@H](CC)[C@H](C)[C@H](OC(=O)c2ccccc2)[C@H]1NC(C)=O. The summed E-state index contributed by atoms with van der Waals surface area (Å²) in [5, 5.41) is 15.0. The van der Waals surface area contributed by atoms with E-state index in [1.165, 1.54) is 19.6 Å². The number of imidazole rings is 1. The summed E-state index contributed by atoms with van der Waals surface area (Å²) in [7, 11) is 3.67. The molecule has 0 aliphatic carbocycles. The third-order valence-electron chi connectivity index (χ3n) is 11.4. The number of ether oxygens (including phenoxy) is 6. The smallest absolute Gasteiger partial charge is 0.338 e. The molecule has 2 aromatic heterocycles. The molecule has 66 heavy (non-hydrogen) atoms. The summed E-state index contributed by atoms with van der Waals surface area (Å²) in [5.41, 5.74) is 1.26. The first-order valence-electron chi connectivity index (χ1n) is 22.9. The van der Waals surface area contributed by atoms with Gasteiger partial charge in [-0.3, -0.25) is 23.7 Å². The Morgan fingerprint density at radius 3 is 2.29 bits per heavy atom. The molecular weight excluding hydrogens is 857 g/mol. The molecule has 9 atom stereocenters. The van der Waals surface area contributed by atoms with E-state index in [-0.39, 0.29) is 43.3 Å². The van der Waals surface area contributed by atoms with Crippen LogP contribution in [0.1, 0.15) is 115 Å². The molecule has 1 unspecified atom stereocenters. The van der Waals surface area contributed by atoms with Crippen molar-refractivity contribution in [3.05, 3.63) is 48.5 Å². The van der Waals surface area contributed by atoms with E-state index in [4.69, 9.17) is 33.5 Å². The Morgan fingerprint density at radius 2 is 1.58 bits per heavy atom. The van der Waals surface area contributed by atoms with Crippen LogP contribution >= 0.6 is 0 Å². The summed E-state index contributed by atoms with van der Waals surface area (Å²) in [6, 6.07) is 7.98. The minimum atomic E-state index is -1.11. The fourth-order valence-corrected chi connectivity index (χ4v) is 8.02. The second kappa shape index (κ2) is 25.9. The molecule has 5 rings (SSSR count). The zero-order chi connectivity index (χ0) is 47.6. The van der Waals surface area contributed by atoms with Gasteiger partial charge in [0.1, 0.15) is 24.6 Å². The molecular formula is C46H66N8O12. The number of nitrogens with zero attached hydrogens (tertiary/aromatic N) is 6. The van der Waals surface area contributed by atoms with Crippen molar-refractivity contribution in [1.29, 1.82) is 0 Å². The second-order valence-corrected chi connectivity index (χ2v) is 16.8. The molecule has 0 spiro atoms. The number of hydrogen-bond acceptors (Lipinski definition) is 15. The van der Waals surface area contributed by atoms with E-state index in [1.807, 2.05) is 40.9 Å². The number of benzene rings is 1. The van der Waals surface area contributed by atoms with Gasteiger partial charge in [-0.2, -0.15) is 0 Å². The highest BCUT2D eigenvalue weighted by Crippen LogP contribution is 2.38. The number of nitrogens with one attached hydrogen (secondary N) is 2. The molecule has 2 aliphatic rings. The Bertz CT molecular complexity index is 2070. The lowest BCUT2D eigenvalue weighted by atomic mass is 9.87. The van der Waals surface area contributed by atoms with E-state index in [1.54, 1.807) is 40.1 Å². The molecule has 3 aromatic rings. The molecule has 20 heteroatoms. The maximum Gasteiger partial charge on any atom is 0.338 e. The molecule has 3 N–H and O–H groups in total. The Kier molecular flexibility index (Phi) is 20.2. The average molecular weight is 923 g/mol. The number of esters is 2. The van der Waals surface area contributed by atoms with Crippen molar-refractivity contribution in [2.24, 2.45) is 10.9 Å². The molecule has 2 aliphatic heterocycles. The highest BCUT2D eigenvalue weighted by Gasteiger charge is 2.49. The van der Waals surface area contributed by atoms with Crippen LogP contribution in [0.2, 0.25) is 0 Å². The fourth-order valence-electron chi connectivity index (χ4n) is 8.02. The van der Waals surface area contributed by atoms with Crippen LogP contribution in [0.3, 0.4) is 0 Å². The maximum absolute atomic E-state index is 13.0. The Hall–Kier alpha value is -5.57. The van der Waals surface area contributed by atoms with Crippen molar-refractivity contribution in [3.8, 4) is 0 Å². The zero-order valence-electron chi connectivity index (χ0n) is 38.8. The van der Waals surface area contributed by atoms with Gasteiger partial charge >= 0.3 is 17.9 Å². The first-order valence-corrected chi connectivity index (χ1v) is 22.9. The summed E-state index contributed by atoms with van der Waals surface area (Å²) < 4.78 is 38.7. The summed E-state index contributed by atoms with van der Waals surface area (Å²) in [4.78, 5) is 81.4. The number of amides is 2. The number of carbonyl (C=O) groups is 5. The van der Waals surface area contributed by atoms with Gasteiger partial charge in [0.25, 0.3) is 0 Å². The molecule has 362 valence electrons. The topological polar surface area (TPSA) is 244 Å². The van der Waals surface area contributed by atoms with Crippen LogP contribution in [0, 0.1) is 5.92 Å². The molecule has 0 radical (unpaired) electrons. The van der Waals surface area contributed by atoms with Crippen molar-refractivity contribution in [1.82, 2.24) is 35.1 Å². The van der Waals surface area contributed by atoms with Gasteiger partial charge < -0.3 is 49.1 Å². The van der Waals surface area contributed by atoms with Gasteiger partial charge in [-0.05, 0) is 50.7 Å². The lowest BCUT2D eigenvalue weighted by Crippen LogP contribution is -2.62. The van der Waals surface area contributed by atoms with E-state index < -0.39 is 60.9 Å². The number of rotatable bonds is 26. The summed E-state index contributed by atoms with van der Waals surface area (Å²) in [5.74, 6) is -2.49. The van der Waals surface area contributed by atoms with Crippen LogP contribution in [0.5, 0.6) is 0 Å². The van der Waals surface area contributed by atoms with E-state index >= 15 is 0 Å². The zero-order valence-corrected chi connectivity index (χ0v) is 38.8. The second-order valence-electron chi connectivity index (χ2n) is 16.8. The van der Waals surface area contributed by atoms with Gasteiger partial charge in [0.15, 0.2) is 35.6 Å². The number of aliphatic carboxylic acids is 1. The average Bonchev–Trinajstić information content (AvgIpc) is 3.88. The minimum absolute atomic E-state index is 0.0591. The normalized spacial score (nSPS) is 24.0. The number of fused-ring (bicyclic) bond motifs is 1. The number of aliphatic imine (C=N–C) groups is 1. The summed E-state index contributed by atoms with van der Waals surface area (Å²) >= 11 is 0. The van der Waals surface area contributed by atoms with Gasteiger partial charge in [0.05, 0.1) is 43.3 Å². The molecule has 2 saturated heterocycles. The minimum Gasteiger partial charge on any atom is -0.481 e. The molecule has 2 amide bonds. The van der Waals surface area contributed by atoms with Crippen molar-refractivity contribution in [2.45, 2.75) is 147 Å². The lowest BCUT2D eigenvalue weighted by Gasteiger charge is -2.45. The van der Waals surface area contributed by atoms with Crippen molar-refractivity contribution >= 4 is 53.0 Å². The van der Waals surface area contributed by atoms with Crippen molar-refractivity contribution in [3.63, 3.8) is 0 Å². The quantitative estimate of drug-likeness (QED) is 0.0420. The number of aromatic nitrogens is 4. The van der Waals surface area contributed by atoms with Crippen LogP contribution in [0.15, 0.2) is 48.0 Å².